The molecular weight excluding hydrogens is 102 g/mol. The van der Waals surface area contributed by atoms with Crippen LogP contribution in [0, 0.1) is 10.8 Å². The third kappa shape index (κ3) is 0.881. The molecule has 0 bridgehead atoms. The molecule has 1 aliphatic carbocycles. The highest BCUT2D eigenvalue weighted by Gasteiger charge is 2.23. The highest BCUT2D eigenvalue weighted by molar-refractivity contribution is 4.78. The molecule has 1 atom stereocenters. The van der Waals surface area contributed by atoms with Gasteiger partial charge in [-0.25, -0.2) is 0 Å². The molecule has 2 nitrogen and oxygen atoms in total. The molecule has 0 spiro atoms. The summed E-state index contributed by atoms with van der Waals surface area (Å²) in [7, 11) is 0. The Bertz CT molecular complexity index is 88.5. The van der Waals surface area contributed by atoms with Gasteiger partial charge in [0.25, 0.3) is 0 Å². The summed E-state index contributed by atoms with van der Waals surface area (Å²) >= 11 is 0. The van der Waals surface area contributed by atoms with Crippen LogP contribution in [0.15, 0.2) is 5.18 Å². The fourth-order valence-electron chi connectivity index (χ4n) is 1.01. The van der Waals surface area contributed by atoms with Gasteiger partial charge in [0, 0.05) is 0 Å². The lowest BCUT2D eigenvalue weighted by molar-refractivity contribution is 0.273. The average Bonchev–Trinajstić information content (AvgIpc) is 1.62. The number of nitrogens with zero attached hydrogens (tertiary/aromatic N) is 1. The first-order valence-corrected chi connectivity index (χ1v) is 3.17. The van der Waals surface area contributed by atoms with Gasteiger partial charge in [0.15, 0.2) is 0 Å². The van der Waals surface area contributed by atoms with E-state index in [1.54, 1.807) is 0 Å². The quantitative estimate of drug-likeness (QED) is 0.503. The Labute approximate surface area is 49.3 Å². The maximum atomic E-state index is 9.89. The van der Waals surface area contributed by atoms with Crippen LogP contribution >= 0.6 is 0 Å². The summed E-state index contributed by atoms with van der Waals surface area (Å²) in [6.45, 7) is 1.90. The third-order valence-corrected chi connectivity index (χ3v) is 2.00. The van der Waals surface area contributed by atoms with Crippen molar-refractivity contribution in [3.05, 3.63) is 4.91 Å². The number of hydrogen-bond acceptors (Lipinski definition) is 2. The van der Waals surface area contributed by atoms with Crippen LogP contribution in [0.2, 0.25) is 0 Å². The van der Waals surface area contributed by atoms with Crippen molar-refractivity contribution in [3.63, 3.8) is 0 Å². The van der Waals surface area contributed by atoms with Crippen molar-refractivity contribution in [1.29, 1.82) is 0 Å². The lowest BCUT2D eigenvalue weighted by Crippen LogP contribution is -2.21. The predicted molar refractivity (Wildman–Crippen MR) is 32.6 cm³/mol. The van der Waals surface area contributed by atoms with Crippen LogP contribution < -0.4 is 0 Å². The van der Waals surface area contributed by atoms with Gasteiger partial charge in [-0.3, -0.25) is 0 Å². The van der Waals surface area contributed by atoms with Crippen molar-refractivity contribution in [2.24, 2.45) is 11.1 Å². The Hall–Kier alpha value is -0.400. The zero-order valence-electron chi connectivity index (χ0n) is 5.13. The summed E-state index contributed by atoms with van der Waals surface area (Å²) in [4.78, 5) is 9.89. The van der Waals surface area contributed by atoms with Gasteiger partial charge >= 0.3 is 0 Å². The largest absolute Gasteiger partial charge is 0.151 e. The monoisotopic (exact) mass is 113 g/mol. The number of hydrogen-bond donors (Lipinski definition) is 0. The van der Waals surface area contributed by atoms with Gasteiger partial charge in [-0.15, -0.1) is 0 Å². The van der Waals surface area contributed by atoms with Gasteiger partial charge in [-0.2, -0.15) is 4.91 Å². The van der Waals surface area contributed by atoms with E-state index in [4.69, 9.17) is 0 Å². The van der Waals surface area contributed by atoms with Gasteiger partial charge in [-0.1, -0.05) is 11.6 Å². The Balaban J connectivity index is 2.22. The Kier molecular flexibility index (Phi) is 1.61. The minimum absolute atomic E-state index is 0.0729. The molecule has 0 amide bonds. The minimum atomic E-state index is 0.0729. The van der Waals surface area contributed by atoms with Gasteiger partial charge in [0.2, 0.25) is 0 Å². The van der Waals surface area contributed by atoms with Crippen LogP contribution in [0.4, 0.5) is 0 Å². The van der Waals surface area contributed by atoms with Crippen LogP contribution in [0.5, 0.6) is 0 Å². The molecule has 0 aromatic rings. The van der Waals surface area contributed by atoms with E-state index in [2.05, 4.69) is 5.18 Å². The normalized spacial score (nSPS) is 24.1. The third-order valence-electron chi connectivity index (χ3n) is 2.00. The SMILES string of the molecule is CC(N=O)C1CCC1. The van der Waals surface area contributed by atoms with E-state index >= 15 is 0 Å². The van der Waals surface area contributed by atoms with Gasteiger partial charge < -0.3 is 0 Å². The van der Waals surface area contributed by atoms with Crippen molar-refractivity contribution in [2.45, 2.75) is 32.2 Å². The summed E-state index contributed by atoms with van der Waals surface area (Å²) in [5, 5.41) is 2.96. The summed E-state index contributed by atoms with van der Waals surface area (Å²) < 4.78 is 0. The van der Waals surface area contributed by atoms with Crippen LogP contribution in [-0.4, -0.2) is 6.04 Å². The Morgan fingerprint density at radius 2 is 2.25 bits per heavy atom. The second-order valence-electron chi connectivity index (χ2n) is 2.54. The van der Waals surface area contributed by atoms with Crippen LogP contribution in [0.25, 0.3) is 0 Å². The van der Waals surface area contributed by atoms with Crippen molar-refractivity contribution < 1.29 is 0 Å². The molecule has 0 radical (unpaired) electrons. The molecule has 8 heavy (non-hydrogen) atoms. The van der Waals surface area contributed by atoms with Gasteiger partial charge in [0.1, 0.15) is 0 Å². The molecule has 1 fully saturated rings. The first-order valence-electron chi connectivity index (χ1n) is 3.17. The summed E-state index contributed by atoms with van der Waals surface area (Å²) in [6.07, 6.45) is 3.73. The van der Waals surface area contributed by atoms with E-state index in [9.17, 15) is 4.91 Å². The summed E-state index contributed by atoms with van der Waals surface area (Å²) in [5.74, 6) is 0.618. The molecule has 1 saturated carbocycles. The first-order chi connectivity index (χ1) is 3.84. The van der Waals surface area contributed by atoms with E-state index in [1.807, 2.05) is 6.92 Å². The lowest BCUT2D eigenvalue weighted by Gasteiger charge is -2.26. The predicted octanol–water partition coefficient (Wildman–Crippen LogP) is 1.94. The molecule has 0 aromatic heterocycles. The summed E-state index contributed by atoms with van der Waals surface area (Å²) in [5.41, 5.74) is 0. The molecule has 1 unspecified atom stereocenters. The second kappa shape index (κ2) is 2.25. The van der Waals surface area contributed by atoms with Gasteiger partial charge in [0.05, 0.1) is 6.04 Å². The smallest absolute Gasteiger partial charge is 0.0919 e. The maximum absolute atomic E-state index is 9.89. The molecule has 0 aliphatic heterocycles. The fraction of sp³-hybridized carbons (Fsp3) is 1.00. The molecular formula is C6H11NO. The van der Waals surface area contributed by atoms with Crippen LogP contribution in [0.1, 0.15) is 26.2 Å². The Morgan fingerprint density at radius 3 is 2.38 bits per heavy atom. The zero-order valence-corrected chi connectivity index (χ0v) is 5.13. The van der Waals surface area contributed by atoms with E-state index in [-0.39, 0.29) is 6.04 Å². The zero-order chi connectivity index (χ0) is 5.98. The minimum Gasteiger partial charge on any atom is -0.151 e. The lowest BCUT2D eigenvalue weighted by atomic mass is 9.81. The Morgan fingerprint density at radius 1 is 1.62 bits per heavy atom. The van der Waals surface area contributed by atoms with Gasteiger partial charge in [-0.05, 0) is 25.7 Å². The van der Waals surface area contributed by atoms with E-state index in [1.165, 1.54) is 19.3 Å². The van der Waals surface area contributed by atoms with Crippen molar-refractivity contribution in [3.8, 4) is 0 Å². The molecule has 1 aliphatic rings. The molecule has 46 valence electrons. The van der Waals surface area contributed by atoms with Crippen molar-refractivity contribution in [2.75, 3.05) is 0 Å². The van der Waals surface area contributed by atoms with E-state index in [0.717, 1.165) is 0 Å². The van der Waals surface area contributed by atoms with E-state index in [0.29, 0.717) is 5.92 Å². The average molecular weight is 113 g/mol. The molecule has 0 aromatic carbocycles. The second-order valence-corrected chi connectivity index (χ2v) is 2.54. The number of rotatable bonds is 2. The molecule has 0 heterocycles. The molecule has 0 N–H and O–H groups in total. The van der Waals surface area contributed by atoms with Crippen LogP contribution in [-0.2, 0) is 0 Å². The summed E-state index contributed by atoms with van der Waals surface area (Å²) in [6, 6.07) is 0.0729. The first kappa shape index (κ1) is 5.73. The highest BCUT2D eigenvalue weighted by Crippen LogP contribution is 2.30. The number of nitroso groups, excluding NO2 is 1. The van der Waals surface area contributed by atoms with Crippen molar-refractivity contribution >= 4 is 0 Å². The maximum Gasteiger partial charge on any atom is 0.0919 e. The molecule has 0 saturated heterocycles. The topological polar surface area (TPSA) is 29.4 Å². The fourth-order valence-corrected chi connectivity index (χ4v) is 1.01. The van der Waals surface area contributed by atoms with Crippen molar-refractivity contribution in [1.82, 2.24) is 0 Å². The van der Waals surface area contributed by atoms with Crippen LogP contribution in [0.3, 0.4) is 0 Å². The molecule has 1 rings (SSSR count). The van der Waals surface area contributed by atoms with E-state index < -0.39 is 0 Å². The molecule has 2 heteroatoms. The highest BCUT2D eigenvalue weighted by atomic mass is 16.3. The standard InChI is InChI=1S/C6H11NO/c1-5(7-8)6-3-2-4-6/h5-6H,2-4H2,1H3.